The van der Waals surface area contributed by atoms with Gasteiger partial charge in [0, 0.05) is 0 Å². The normalized spacial score (nSPS) is 15.0. The van der Waals surface area contributed by atoms with Crippen molar-refractivity contribution in [1.29, 1.82) is 0 Å². The van der Waals surface area contributed by atoms with Gasteiger partial charge in [-0.15, -0.1) is 0 Å². The van der Waals surface area contributed by atoms with Gasteiger partial charge >= 0.3 is 0 Å². The van der Waals surface area contributed by atoms with Gasteiger partial charge in [0.05, 0.1) is 0 Å². The van der Waals surface area contributed by atoms with Crippen LogP contribution in [-0.4, -0.2) is 0 Å². The molecular weight excluding hydrogens is 132 g/mol. The van der Waals surface area contributed by atoms with E-state index in [0.717, 1.165) is 5.92 Å². The molecule has 0 heterocycles. The molecule has 0 nitrogen and oxygen atoms in total. The Hall–Kier alpha value is 0. The molecule has 1 unspecified atom stereocenters. The van der Waals surface area contributed by atoms with Gasteiger partial charge in [0.2, 0.25) is 0 Å². The molecule has 68 valence electrons. The first-order valence-corrected chi connectivity index (χ1v) is 5.04. The highest BCUT2D eigenvalue weighted by molar-refractivity contribution is 4.73. The van der Waals surface area contributed by atoms with E-state index in [2.05, 4.69) is 34.6 Å². The summed E-state index contributed by atoms with van der Waals surface area (Å²) in [6.45, 7) is 11.7. The molecular formula is C11H24. The minimum atomic E-state index is 0.560. The van der Waals surface area contributed by atoms with Gasteiger partial charge in [0.15, 0.2) is 0 Å². The van der Waals surface area contributed by atoms with Crippen molar-refractivity contribution < 1.29 is 0 Å². The van der Waals surface area contributed by atoms with Gasteiger partial charge in [-0.25, -0.2) is 0 Å². The summed E-state index contributed by atoms with van der Waals surface area (Å²) in [6.07, 6.45) is 5.42. The maximum atomic E-state index is 2.40. The van der Waals surface area contributed by atoms with Crippen LogP contribution in [0.15, 0.2) is 0 Å². The molecule has 0 radical (unpaired) electrons. The highest BCUT2D eigenvalue weighted by Crippen LogP contribution is 2.33. The van der Waals surface area contributed by atoms with Gasteiger partial charge in [-0.1, -0.05) is 53.9 Å². The van der Waals surface area contributed by atoms with Gasteiger partial charge in [0.1, 0.15) is 0 Å². The van der Waals surface area contributed by atoms with E-state index in [1.54, 1.807) is 0 Å². The smallest absolute Gasteiger partial charge is 0.0329 e. The van der Waals surface area contributed by atoms with Crippen molar-refractivity contribution in [1.82, 2.24) is 0 Å². The van der Waals surface area contributed by atoms with Crippen LogP contribution in [0.1, 0.15) is 60.3 Å². The summed E-state index contributed by atoms with van der Waals surface area (Å²) in [5.41, 5.74) is 0.560. The first-order chi connectivity index (χ1) is 5.04. The van der Waals surface area contributed by atoms with E-state index >= 15 is 0 Å². The van der Waals surface area contributed by atoms with Crippen LogP contribution in [0.5, 0.6) is 0 Å². The van der Waals surface area contributed by atoms with Crippen molar-refractivity contribution in [3.63, 3.8) is 0 Å². The second-order valence-corrected chi connectivity index (χ2v) is 4.40. The first-order valence-electron chi connectivity index (χ1n) is 5.04. The Morgan fingerprint density at radius 1 is 1.18 bits per heavy atom. The zero-order chi connectivity index (χ0) is 8.91. The lowest BCUT2D eigenvalue weighted by atomic mass is 9.75. The monoisotopic (exact) mass is 156 g/mol. The van der Waals surface area contributed by atoms with Gasteiger partial charge in [-0.3, -0.25) is 0 Å². The molecule has 0 aromatic carbocycles. The molecule has 0 aliphatic rings. The Morgan fingerprint density at radius 2 is 1.73 bits per heavy atom. The van der Waals surface area contributed by atoms with Crippen LogP contribution in [0.4, 0.5) is 0 Å². The minimum absolute atomic E-state index is 0.560. The molecule has 0 fully saturated rings. The first kappa shape index (κ1) is 11.0. The third-order valence-corrected chi connectivity index (χ3v) is 3.12. The van der Waals surface area contributed by atoms with E-state index < -0.39 is 0 Å². The maximum Gasteiger partial charge on any atom is -0.0329 e. The van der Waals surface area contributed by atoms with Crippen molar-refractivity contribution in [3.05, 3.63) is 0 Å². The Morgan fingerprint density at radius 3 is 2.09 bits per heavy atom. The lowest BCUT2D eigenvalue weighted by Crippen LogP contribution is -2.20. The van der Waals surface area contributed by atoms with E-state index in [1.807, 2.05) is 0 Å². The fraction of sp³-hybridized carbons (Fsp3) is 1.00. The van der Waals surface area contributed by atoms with E-state index in [9.17, 15) is 0 Å². The van der Waals surface area contributed by atoms with Crippen LogP contribution in [-0.2, 0) is 0 Å². The summed E-state index contributed by atoms with van der Waals surface area (Å²) in [5, 5.41) is 0. The van der Waals surface area contributed by atoms with E-state index in [4.69, 9.17) is 0 Å². The fourth-order valence-electron chi connectivity index (χ4n) is 1.43. The number of hydrogen-bond donors (Lipinski definition) is 0. The van der Waals surface area contributed by atoms with Gasteiger partial charge in [-0.05, 0) is 17.8 Å². The third kappa shape index (κ3) is 3.79. The summed E-state index contributed by atoms with van der Waals surface area (Å²) >= 11 is 0. The Labute approximate surface area is 72.4 Å². The lowest BCUT2D eigenvalue weighted by Gasteiger charge is -2.31. The lowest BCUT2D eigenvalue weighted by molar-refractivity contribution is 0.200. The van der Waals surface area contributed by atoms with Gasteiger partial charge in [0.25, 0.3) is 0 Å². The molecule has 0 aliphatic carbocycles. The molecule has 0 heteroatoms. The molecule has 0 spiro atoms. The van der Waals surface area contributed by atoms with Crippen molar-refractivity contribution in [2.45, 2.75) is 60.3 Å². The summed E-state index contributed by atoms with van der Waals surface area (Å²) in [5.74, 6) is 0.869. The predicted octanol–water partition coefficient (Wildman–Crippen LogP) is 4.25. The van der Waals surface area contributed by atoms with Crippen LogP contribution < -0.4 is 0 Å². The largest absolute Gasteiger partial charge is 0.0654 e. The van der Waals surface area contributed by atoms with Gasteiger partial charge in [-0.2, -0.15) is 0 Å². The molecule has 0 aromatic heterocycles. The second kappa shape index (κ2) is 4.79. The quantitative estimate of drug-likeness (QED) is 0.558. The molecule has 0 N–H and O–H groups in total. The second-order valence-electron chi connectivity index (χ2n) is 4.40. The molecule has 0 rings (SSSR count). The van der Waals surface area contributed by atoms with Crippen LogP contribution in [0.25, 0.3) is 0 Å². The third-order valence-electron chi connectivity index (χ3n) is 3.12. The van der Waals surface area contributed by atoms with Crippen molar-refractivity contribution in [2.75, 3.05) is 0 Å². The van der Waals surface area contributed by atoms with Crippen LogP contribution >= 0.6 is 0 Å². The summed E-state index contributed by atoms with van der Waals surface area (Å²) in [4.78, 5) is 0. The summed E-state index contributed by atoms with van der Waals surface area (Å²) < 4.78 is 0. The molecule has 0 saturated heterocycles. The Bertz CT molecular complexity index is 92.2. The van der Waals surface area contributed by atoms with Crippen LogP contribution in [0.2, 0.25) is 0 Å². The molecule has 0 bridgehead atoms. The van der Waals surface area contributed by atoms with Crippen LogP contribution in [0.3, 0.4) is 0 Å². The molecule has 0 aromatic rings. The zero-order valence-corrected chi connectivity index (χ0v) is 8.91. The van der Waals surface area contributed by atoms with Gasteiger partial charge < -0.3 is 0 Å². The minimum Gasteiger partial charge on any atom is -0.0654 e. The number of hydrogen-bond acceptors (Lipinski definition) is 0. The molecule has 0 saturated carbocycles. The summed E-state index contributed by atoms with van der Waals surface area (Å²) in [6, 6.07) is 0. The fourth-order valence-corrected chi connectivity index (χ4v) is 1.43. The predicted molar refractivity (Wildman–Crippen MR) is 52.8 cm³/mol. The number of unbranched alkanes of at least 4 members (excludes halogenated alkanes) is 1. The highest BCUT2D eigenvalue weighted by Gasteiger charge is 2.22. The average Bonchev–Trinajstić information content (AvgIpc) is 1.99. The van der Waals surface area contributed by atoms with Crippen molar-refractivity contribution >= 4 is 0 Å². The standard InChI is InChI=1S/C11H24/c1-6-8-9-11(4,5)10(3)7-2/h10H,6-9H2,1-5H3. The molecule has 0 amide bonds. The van der Waals surface area contributed by atoms with E-state index in [-0.39, 0.29) is 0 Å². The zero-order valence-electron chi connectivity index (χ0n) is 8.91. The molecule has 1 atom stereocenters. The summed E-state index contributed by atoms with van der Waals surface area (Å²) in [7, 11) is 0. The Kier molecular flexibility index (Phi) is 4.79. The van der Waals surface area contributed by atoms with E-state index in [1.165, 1.54) is 25.7 Å². The topological polar surface area (TPSA) is 0 Å². The highest BCUT2D eigenvalue weighted by atomic mass is 14.3. The molecule has 0 aliphatic heterocycles. The Balaban J connectivity index is 3.77. The SMILES string of the molecule is CCCCC(C)(C)C(C)CC. The van der Waals surface area contributed by atoms with Crippen LogP contribution in [0, 0.1) is 11.3 Å². The van der Waals surface area contributed by atoms with Crippen molar-refractivity contribution in [2.24, 2.45) is 11.3 Å². The molecule has 11 heavy (non-hydrogen) atoms. The average molecular weight is 156 g/mol. The number of rotatable bonds is 5. The van der Waals surface area contributed by atoms with Crippen molar-refractivity contribution in [3.8, 4) is 0 Å². The van der Waals surface area contributed by atoms with E-state index in [0.29, 0.717) is 5.41 Å². The maximum absolute atomic E-state index is 2.40.